The summed E-state index contributed by atoms with van der Waals surface area (Å²) in [7, 11) is -1.45. The van der Waals surface area contributed by atoms with Crippen molar-refractivity contribution in [3.05, 3.63) is 187 Å². The van der Waals surface area contributed by atoms with Gasteiger partial charge in [0.2, 0.25) is 0 Å². The van der Waals surface area contributed by atoms with Crippen molar-refractivity contribution in [3.8, 4) is 0 Å². The molecule has 0 saturated heterocycles. The van der Waals surface area contributed by atoms with E-state index in [1.807, 2.05) is 0 Å². The van der Waals surface area contributed by atoms with E-state index in [9.17, 15) is 0 Å². The quantitative estimate of drug-likeness (QED) is 0.135. The zero-order valence-corrected chi connectivity index (χ0v) is 39.5. The third-order valence-electron chi connectivity index (χ3n) is 13.4. The zero-order valence-electron chi connectivity index (χ0n) is 38.5. The Hall–Kier alpha value is -7.08. The Bertz CT molecular complexity index is 3570. The van der Waals surface area contributed by atoms with Gasteiger partial charge in [0, 0.05) is 66.4 Å². The molecule has 0 fully saturated rings. The van der Waals surface area contributed by atoms with E-state index in [-0.39, 0.29) is 0 Å². The molecular formula is C60H54N2O2Si. The van der Waals surface area contributed by atoms with Gasteiger partial charge in [0.25, 0.3) is 0 Å². The van der Waals surface area contributed by atoms with E-state index in [1.165, 1.54) is 21.9 Å². The maximum absolute atomic E-state index is 6.83. The summed E-state index contributed by atoms with van der Waals surface area (Å²) in [6.45, 7) is 18.3. The van der Waals surface area contributed by atoms with Gasteiger partial charge in [0.05, 0.1) is 8.07 Å². The Labute approximate surface area is 382 Å². The molecule has 0 saturated carbocycles. The van der Waals surface area contributed by atoms with Crippen LogP contribution in [0.3, 0.4) is 0 Å². The monoisotopic (exact) mass is 862 g/mol. The summed E-state index contributed by atoms with van der Waals surface area (Å²) in [6.07, 6.45) is 0. The lowest BCUT2D eigenvalue weighted by Gasteiger charge is -2.27. The minimum Gasteiger partial charge on any atom is -0.455 e. The fourth-order valence-corrected chi connectivity index (χ4v) is 10.8. The number of nitrogens with zero attached hydrogens (tertiary/aromatic N) is 2. The SMILES string of the molecule is Cc1ccc(N(c2ccc(C(C)C)cc2)c2ccc3c(ccc4c5cc6oc7c8ccc(N(c9ccc(C(C)C)cc9)c9ccc([Si](C)(C)C)cc9)cc8ccc7c6cc5oc34)c2)cc1. The van der Waals surface area contributed by atoms with E-state index in [0.29, 0.717) is 11.8 Å². The summed E-state index contributed by atoms with van der Waals surface area (Å²) in [5.74, 6) is 0.942. The molecule has 11 aromatic rings. The summed E-state index contributed by atoms with van der Waals surface area (Å²) in [5.41, 5.74) is 14.1. The Morgan fingerprint density at radius 3 is 1.11 bits per heavy atom. The molecule has 0 unspecified atom stereocenters. The van der Waals surface area contributed by atoms with E-state index in [2.05, 4.69) is 234 Å². The van der Waals surface area contributed by atoms with Crippen molar-refractivity contribution >= 4 is 113 Å². The van der Waals surface area contributed by atoms with Gasteiger partial charge in [-0.25, -0.2) is 0 Å². The molecule has 11 rings (SSSR count). The van der Waals surface area contributed by atoms with Crippen molar-refractivity contribution in [2.24, 2.45) is 0 Å². The summed E-state index contributed by atoms with van der Waals surface area (Å²) in [5, 5.41) is 10.1. The summed E-state index contributed by atoms with van der Waals surface area (Å²) >= 11 is 0. The Balaban J connectivity index is 0.978. The molecule has 0 aliphatic heterocycles. The van der Waals surface area contributed by atoms with Gasteiger partial charge in [-0.15, -0.1) is 0 Å². The van der Waals surface area contributed by atoms with Gasteiger partial charge in [0.15, 0.2) is 0 Å². The second kappa shape index (κ2) is 15.6. The third kappa shape index (κ3) is 7.15. The molecule has 0 amide bonds. The second-order valence-corrected chi connectivity index (χ2v) is 24.6. The highest BCUT2D eigenvalue weighted by Gasteiger charge is 2.21. The van der Waals surface area contributed by atoms with Crippen molar-refractivity contribution in [1.29, 1.82) is 0 Å². The predicted molar refractivity (Wildman–Crippen MR) is 281 cm³/mol. The van der Waals surface area contributed by atoms with Crippen LogP contribution < -0.4 is 15.0 Å². The number of aryl methyl sites for hydroxylation is 1. The normalized spacial score (nSPS) is 12.3. The van der Waals surface area contributed by atoms with Gasteiger partial charge in [-0.1, -0.05) is 119 Å². The van der Waals surface area contributed by atoms with Gasteiger partial charge >= 0.3 is 0 Å². The van der Waals surface area contributed by atoms with Crippen LogP contribution in [0.15, 0.2) is 179 Å². The van der Waals surface area contributed by atoms with Gasteiger partial charge in [0.1, 0.15) is 22.3 Å². The molecule has 4 nitrogen and oxygen atoms in total. The van der Waals surface area contributed by atoms with E-state index in [4.69, 9.17) is 8.83 Å². The van der Waals surface area contributed by atoms with E-state index in [1.54, 1.807) is 0 Å². The van der Waals surface area contributed by atoms with Crippen molar-refractivity contribution < 1.29 is 8.83 Å². The van der Waals surface area contributed by atoms with E-state index >= 15 is 0 Å². The number of hydrogen-bond acceptors (Lipinski definition) is 4. The Kier molecular flexibility index (Phi) is 9.74. The Morgan fingerprint density at radius 1 is 0.369 bits per heavy atom. The standard InChI is InChI=1S/C60H54N2O2Si/c1-37(2)40-11-19-45(20-12-40)61(44-17-9-39(5)10-18-44)48-25-31-51-42(33-48)15-29-53-55-35-58-56(36-57(55)63-59(51)53)54-30-16-43-34-49(26-32-52(43)60(54)64-58)62(46-21-13-41(14-22-46)38(3)4)47-23-27-50(28-24-47)65(6,7)8/h9-38H,1-8H3. The molecule has 2 heterocycles. The van der Waals surface area contributed by atoms with Crippen molar-refractivity contribution in [3.63, 3.8) is 0 Å². The number of furan rings is 2. The molecule has 65 heavy (non-hydrogen) atoms. The summed E-state index contributed by atoms with van der Waals surface area (Å²) < 4.78 is 13.6. The molecule has 0 spiro atoms. The smallest absolute Gasteiger partial charge is 0.143 e. The molecule has 0 bridgehead atoms. The van der Waals surface area contributed by atoms with Gasteiger partial charge in [-0.3, -0.25) is 0 Å². The van der Waals surface area contributed by atoms with E-state index in [0.717, 1.165) is 99.5 Å². The van der Waals surface area contributed by atoms with Crippen molar-refractivity contribution in [1.82, 2.24) is 0 Å². The molecule has 0 aliphatic carbocycles. The molecule has 0 N–H and O–H groups in total. The molecule has 0 atom stereocenters. The van der Waals surface area contributed by atoms with Crippen LogP contribution in [0.1, 0.15) is 56.2 Å². The van der Waals surface area contributed by atoms with Crippen LogP contribution in [0, 0.1) is 6.92 Å². The third-order valence-corrected chi connectivity index (χ3v) is 15.5. The number of anilines is 6. The number of benzene rings is 9. The number of fused-ring (bicyclic) bond motifs is 10. The highest BCUT2D eigenvalue weighted by molar-refractivity contribution is 6.88. The van der Waals surface area contributed by atoms with E-state index < -0.39 is 8.07 Å². The molecule has 2 aromatic heterocycles. The average Bonchev–Trinajstić information content (AvgIpc) is 3.87. The first-order valence-corrected chi connectivity index (χ1v) is 26.5. The highest BCUT2D eigenvalue weighted by Crippen LogP contribution is 2.44. The minimum absolute atomic E-state index is 0.470. The molecule has 0 aliphatic rings. The molecule has 0 radical (unpaired) electrons. The van der Waals surface area contributed by atoms with Gasteiger partial charge in [-0.05, 0) is 150 Å². The predicted octanol–water partition coefficient (Wildman–Crippen LogP) is 17.8. The first kappa shape index (κ1) is 40.7. The minimum atomic E-state index is -1.45. The number of rotatable bonds is 9. The summed E-state index contributed by atoms with van der Waals surface area (Å²) in [6, 6.07) is 62.6. The van der Waals surface area contributed by atoms with Gasteiger partial charge in [-0.2, -0.15) is 0 Å². The number of hydrogen-bond donors (Lipinski definition) is 0. The Morgan fingerprint density at radius 2 is 0.723 bits per heavy atom. The van der Waals surface area contributed by atoms with Crippen LogP contribution in [0.5, 0.6) is 0 Å². The fourth-order valence-electron chi connectivity index (χ4n) is 9.58. The topological polar surface area (TPSA) is 32.8 Å². The van der Waals surface area contributed by atoms with Crippen LogP contribution in [0.25, 0.3) is 65.4 Å². The highest BCUT2D eigenvalue weighted by atomic mass is 28.3. The second-order valence-electron chi connectivity index (χ2n) is 19.5. The largest absolute Gasteiger partial charge is 0.455 e. The first-order valence-electron chi connectivity index (χ1n) is 23.0. The maximum Gasteiger partial charge on any atom is 0.143 e. The molecular weight excluding hydrogens is 809 g/mol. The lowest BCUT2D eigenvalue weighted by Crippen LogP contribution is -2.37. The fraction of sp³-hybridized carbons (Fsp3) is 0.167. The maximum atomic E-state index is 6.83. The van der Waals surface area contributed by atoms with Gasteiger partial charge < -0.3 is 18.6 Å². The lowest BCUT2D eigenvalue weighted by molar-refractivity contribution is 0.667. The molecule has 9 aromatic carbocycles. The van der Waals surface area contributed by atoms with Crippen molar-refractivity contribution in [2.75, 3.05) is 9.80 Å². The molecule has 5 heteroatoms. The van der Waals surface area contributed by atoms with Crippen LogP contribution in [0.2, 0.25) is 19.6 Å². The van der Waals surface area contributed by atoms with Crippen LogP contribution in [0.4, 0.5) is 34.1 Å². The molecule has 320 valence electrons. The zero-order chi connectivity index (χ0) is 44.7. The first-order chi connectivity index (χ1) is 31.4. The summed E-state index contributed by atoms with van der Waals surface area (Å²) in [4.78, 5) is 4.71. The van der Waals surface area contributed by atoms with Crippen LogP contribution in [-0.4, -0.2) is 8.07 Å². The van der Waals surface area contributed by atoms with Crippen LogP contribution in [-0.2, 0) is 0 Å². The lowest BCUT2D eigenvalue weighted by atomic mass is 10.0. The van der Waals surface area contributed by atoms with Crippen molar-refractivity contribution in [2.45, 2.75) is 66.1 Å². The average molecular weight is 863 g/mol. The van der Waals surface area contributed by atoms with Crippen LogP contribution >= 0.6 is 0 Å².